The fourth-order valence-electron chi connectivity index (χ4n) is 3.92. The summed E-state index contributed by atoms with van der Waals surface area (Å²) in [6.07, 6.45) is 8.55. The molecule has 0 saturated carbocycles. The molecule has 0 N–H and O–H groups in total. The SMILES string of the molecule is C1=C(Cc2cccc3ccccc23)C=C(c2cccc3cccnc23)C1. The Labute approximate surface area is 153 Å². The van der Waals surface area contributed by atoms with Gasteiger partial charge in [0.1, 0.15) is 0 Å². The first-order valence-electron chi connectivity index (χ1n) is 9.09. The topological polar surface area (TPSA) is 12.9 Å². The van der Waals surface area contributed by atoms with Gasteiger partial charge in [-0.15, -0.1) is 0 Å². The third kappa shape index (κ3) is 2.62. The zero-order chi connectivity index (χ0) is 17.3. The highest BCUT2D eigenvalue weighted by atomic mass is 14.6. The largest absolute Gasteiger partial charge is 0.256 e. The smallest absolute Gasteiger partial charge is 0.0777 e. The highest BCUT2D eigenvalue weighted by Gasteiger charge is 2.13. The van der Waals surface area contributed by atoms with E-state index in [1.54, 1.807) is 0 Å². The summed E-state index contributed by atoms with van der Waals surface area (Å²) in [6, 6.07) is 25.8. The van der Waals surface area contributed by atoms with Crippen LogP contribution in [-0.4, -0.2) is 4.98 Å². The van der Waals surface area contributed by atoms with E-state index in [-0.39, 0.29) is 0 Å². The van der Waals surface area contributed by atoms with Gasteiger partial charge in [-0.05, 0) is 46.4 Å². The molecule has 3 aromatic carbocycles. The molecule has 0 atom stereocenters. The minimum atomic E-state index is 0.975. The first-order valence-corrected chi connectivity index (χ1v) is 9.09. The van der Waals surface area contributed by atoms with Gasteiger partial charge in [0.15, 0.2) is 0 Å². The molecule has 1 nitrogen and oxygen atoms in total. The molecule has 26 heavy (non-hydrogen) atoms. The van der Waals surface area contributed by atoms with Crippen LogP contribution in [0.2, 0.25) is 0 Å². The number of nitrogens with zero attached hydrogens (tertiary/aromatic N) is 1. The Bertz CT molecular complexity index is 1170. The average Bonchev–Trinajstić information content (AvgIpc) is 3.16. The molecule has 124 valence electrons. The van der Waals surface area contributed by atoms with Gasteiger partial charge in [0, 0.05) is 17.1 Å². The van der Waals surface area contributed by atoms with Gasteiger partial charge in [0.05, 0.1) is 5.52 Å². The Balaban J connectivity index is 1.50. The zero-order valence-electron chi connectivity index (χ0n) is 14.5. The highest BCUT2D eigenvalue weighted by molar-refractivity contribution is 5.92. The van der Waals surface area contributed by atoms with Gasteiger partial charge in [0.25, 0.3) is 0 Å². The van der Waals surface area contributed by atoms with Crippen molar-refractivity contribution in [3.8, 4) is 0 Å². The molecule has 0 aliphatic heterocycles. The number of para-hydroxylation sites is 1. The summed E-state index contributed by atoms with van der Waals surface area (Å²) in [4.78, 5) is 4.61. The fraction of sp³-hybridized carbons (Fsp3) is 0.0800. The van der Waals surface area contributed by atoms with Gasteiger partial charge in [-0.1, -0.05) is 78.9 Å². The van der Waals surface area contributed by atoms with E-state index in [0.717, 1.165) is 18.4 Å². The standard InChI is InChI=1S/C25H19N/c1-2-11-23-19(6-1)7-3-9-21(23)16-18-13-14-22(17-18)24-12-4-8-20-10-5-15-26-25(20)24/h1-13,15,17H,14,16H2. The van der Waals surface area contributed by atoms with Crippen LogP contribution in [0.15, 0.2) is 96.7 Å². The molecule has 1 heterocycles. The average molecular weight is 333 g/mol. The Kier molecular flexibility index (Phi) is 3.64. The van der Waals surface area contributed by atoms with Crippen molar-refractivity contribution < 1.29 is 0 Å². The van der Waals surface area contributed by atoms with E-state index in [0.29, 0.717) is 0 Å². The fourth-order valence-corrected chi connectivity index (χ4v) is 3.92. The van der Waals surface area contributed by atoms with Gasteiger partial charge in [-0.25, -0.2) is 0 Å². The summed E-state index contributed by atoms with van der Waals surface area (Å²) < 4.78 is 0. The summed E-state index contributed by atoms with van der Waals surface area (Å²) >= 11 is 0. The lowest BCUT2D eigenvalue weighted by Gasteiger charge is -2.07. The second-order valence-electron chi connectivity index (χ2n) is 6.85. The molecule has 1 heteroatoms. The lowest BCUT2D eigenvalue weighted by Crippen LogP contribution is -1.89. The van der Waals surface area contributed by atoms with E-state index in [1.807, 2.05) is 12.3 Å². The molecule has 0 spiro atoms. The third-order valence-electron chi connectivity index (χ3n) is 5.20. The molecule has 0 fully saturated rings. The molecule has 1 aromatic heterocycles. The van der Waals surface area contributed by atoms with Crippen molar-refractivity contribution in [3.63, 3.8) is 0 Å². The number of rotatable bonds is 3. The summed E-state index contributed by atoms with van der Waals surface area (Å²) in [7, 11) is 0. The summed E-state index contributed by atoms with van der Waals surface area (Å²) in [5.41, 5.74) is 6.50. The molecule has 1 aliphatic carbocycles. The second kappa shape index (κ2) is 6.27. The maximum Gasteiger partial charge on any atom is 0.0777 e. The molecule has 0 saturated heterocycles. The molecule has 5 rings (SSSR count). The molecular weight excluding hydrogens is 314 g/mol. The van der Waals surface area contributed by atoms with Gasteiger partial charge in [-0.2, -0.15) is 0 Å². The number of pyridine rings is 1. The quantitative estimate of drug-likeness (QED) is 0.426. The first kappa shape index (κ1) is 15.1. The Morgan fingerprint density at radius 3 is 2.58 bits per heavy atom. The number of hydrogen-bond donors (Lipinski definition) is 0. The van der Waals surface area contributed by atoms with E-state index in [1.165, 1.54) is 38.4 Å². The van der Waals surface area contributed by atoms with Gasteiger partial charge < -0.3 is 0 Å². The van der Waals surface area contributed by atoms with Crippen LogP contribution in [-0.2, 0) is 6.42 Å². The lowest BCUT2D eigenvalue weighted by molar-refractivity contribution is 1.22. The molecule has 0 unspecified atom stereocenters. The highest BCUT2D eigenvalue weighted by Crippen LogP contribution is 2.33. The van der Waals surface area contributed by atoms with E-state index < -0.39 is 0 Å². The Hall–Kier alpha value is -3.19. The lowest BCUT2D eigenvalue weighted by atomic mass is 9.98. The molecule has 0 amide bonds. The van der Waals surface area contributed by atoms with Crippen LogP contribution in [0, 0.1) is 0 Å². The van der Waals surface area contributed by atoms with Crippen LogP contribution >= 0.6 is 0 Å². The molecule has 4 aromatic rings. The van der Waals surface area contributed by atoms with Crippen molar-refractivity contribution in [2.45, 2.75) is 12.8 Å². The molecule has 1 aliphatic rings. The Morgan fingerprint density at radius 2 is 1.58 bits per heavy atom. The van der Waals surface area contributed by atoms with Crippen LogP contribution in [0.3, 0.4) is 0 Å². The van der Waals surface area contributed by atoms with E-state index in [4.69, 9.17) is 0 Å². The normalized spacial score (nSPS) is 13.8. The van der Waals surface area contributed by atoms with Gasteiger partial charge >= 0.3 is 0 Å². The maximum atomic E-state index is 4.61. The zero-order valence-corrected chi connectivity index (χ0v) is 14.5. The van der Waals surface area contributed by atoms with Crippen LogP contribution in [0.5, 0.6) is 0 Å². The summed E-state index contributed by atoms with van der Waals surface area (Å²) in [6.45, 7) is 0. The second-order valence-corrected chi connectivity index (χ2v) is 6.85. The number of benzene rings is 3. The van der Waals surface area contributed by atoms with Crippen LogP contribution < -0.4 is 0 Å². The predicted octanol–water partition coefficient (Wildman–Crippen LogP) is 6.34. The van der Waals surface area contributed by atoms with Crippen molar-refractivity contribution in [2.75, 3.05) is 0 Å². The van der Waals surface area contributed by atoms with Gasteiger partial charge in [-0.3, -0.25) is 4.98 Å². The summed E-state index contributed by atoms with van der Waals surface area (Å²) in [5, 5.41) is 3.86. The van der Waals surface area contributed by atoms with E-state index in [9.17, 15) is 0 Å². The van der Waals surface area contributed by atoms with Crippen LogP contribution in [0.4, 0.5) is 0 Å². The van der Waals surface area contributed by atoms with E-state index >= 15 is 0 Å². The van der Waals surface area contributed by atoms with Crippen molar-refractivity contribution in [3.05, 3.63) is 108 Å². The Morgan fingerprint density at radius 1 is 0.769 bits per heavy atom. The minimum Gasteiger partial charge on any atom is -0.256 e. The number of allylic oxidation sites excluding steroid dienone is 4. The molecule has 0 radical (unpaired) electrons. The van der Waals surface area contributed by atoms with Crippen molar-refractivity contribution in [2.24, 2.45) is 0 Å². The molecule has 0 bridgehead atoms. The number of fused-ring (bicyclic) bond motifs is 2. The molecular formula is C25H19N. The van der Waals surface area contributed by atoms with Crippen molar-refractivity contribution in [1.29, 1.82) is 0 Å². The van der Waals surface area contributed by atoms with Crippen molar-refractivity contribution >= 4 is 27.2 Å². The van der Waals surface area contributed by atoms with Crippen LogP contribution in [0.25, 0.3) is 27.2 Å². The third-order valence-corrected chi connectivity index (χ3v) is 5.20. The van der Waals surface area contributed by atoms with Gasteiger partial charge in [0.2, 0.25) is 0 Å². The minimum absolute atomic E-state index is 0.975. The number of hydrogen-bond acceptors (Lipinski definition) is 1. The predicted molar refractivity (Wildman–Crippen MR) is 110 cm³/mol. The summed E-state index contributed by atoms with van der Waals surface area (Å²) in [5.74, 6) is 0. The maximum absolute atomic E-state index is 4.61. The van der Waals surface area contributed by atoms with Crippen molar-refractivity contribution in [1.82, 2.24) is 4.98 Å². The number of aromatic nitrogens is 1. The van der Waals surface area contributed by atoms with E-state index in [2.05, 4.69) is 83.9 Å². The van der Waals surface area contributed by atoms with Crippen LogP contribution in [0.1, 0.15) is 17.5 Å². The monoisotopic (exact) mass is 333 g/mol. The first-order chi connectivity index (χ1) is 12.9.